The number of halogens is 1. The van der Waals surface area contributed by atoms with Crippen LogP contribution in [0.25, 0.3) is 16.9 Å². The Kier molecular flexibility index (Phi) is 6.46. The van der Waals surface area contributed by atoms with Gasteiger partial charge >= 0.3 is 11.7 Å². The van der Waals surface area contributed by atoms with Crippen molar-refractivity contribution in [1.82, 2.24) is 9.78 Å². The summed E-state index contributed by atoms with van der Waals surface area (Å²) in [5.74, 6) is -0.600. The molecule has 0 fully saturated rings. The number of rotatable bonds is 8. The van der Waals surface area contributed by atoms with E-state index in [0.29, 0.717) is 16.3 Å². The van der Waals surface area contributed by atoms with Crippen LogP contribution in [0.5, 0.6) is 5.88 Å². The van der Waals surface area contributed by atoms with Crippen LogP contribution in [0.1, 0.15) is 6.92 Å². The summed E-state index contributed by atoms with van der Waals surface area (Å²) in [5, 5.41) is 27.3. The highest BCUT2D eigenvalue weighted by Crippen LogP contribution is 2.33. The van der Waals surface area contributed by atoms with Crippen LogP contribution in [-0.4, -0.2) is 38.8 Å². The molecule has 3 aromatic rings. The molecule has 0 N–H and O–H groups in total. The third kappa shape index (κ3) is 4.95. The fourth-order valence-electron chi connectivity index (χ4n) is 2.73. The summed E-state index contributed by atoms with van der Waals surface area (Å²) in [6.07, 6.45) is 0. The van der Waals surface area contributed by atoms with Crippen molar-refractivity contribution in [3.05, 3.63) is 73.8 Å². The molecule has 2 aromatic carbocycles. The Morgan fingerprint density at radius 2 is 1.81 bits per heavy atom. The van der Waals surface area contributed by atoms with E-state index in [2.05, 4.69) is 5.10 Å². The van der Waals surface area contributed by atoms with Crippen LogP contribution in [0, 0.1) is 20.2 Å². The molecule has 1 aromatic heterocycles. The van der Waals surface area contributed by atoms with Crippen molar-refractivity contribution >= 4 is 28.9 Å². The van der Waals surface area contributed by atoms with E-state index in [1.165, 1.54) is 16.8 Å². The lowest BCUT2D eigenvalue weighted by molar-refractivity contribution is -0.394. The number of esters is 1. The van der Waals surface area contributed by atoms with Crippen molar-refractivity contribution in [2.24, 2.45) is 0 Å². The second-order valence-corrected chi connectivity index (χ2v) is 6.50. The molecule has 0 aliphatic rings. The number of carbonyl (C=O) groups is 1. The molecule has 0 atom stereocenters. The number of nitrogens with zero attached hydrogens (tertiary/aromatic N) is 4. The van der Waals surface area contributed by atoms with Crippen molar-refractivity contribution < 1.29 is 24.1 Å². The molecule has 12 heteroatoms. The summed E-state index contributed by atoms with van der Waals surface area (Å²) in [6, 6.07) is 11.3. The predicted molar refractivity (Wildman–Crippen MR) is 109 cm³/mol. The highest BCUT2D eigenvalue weighted by Gasteiger charge is 2.24. The van der Waals surface area contributed by atoms with Crippen molar-refractivity contribution in [2.45, 2.75) is 6.92 Å². The molecule has 11 nitrogen and oxygen atoms in total. The van der Waals surface area contributed by atoms with Gasteiger partial charge in [0.15, 0.2) is 6.61 Å². The number of benzene rings is 2. The Hall–Kier alpha value is -3.99. The molecular formula is C19H15ClN4O7. The molecule has 160 valence electrons. The maximum atomic E-state index is 11.6. The maximum absolute atomic E-state index is 11.6. The van der Waals surface area contributed by atoms with Crippen LogP contribution in [0.3, 0.4) is 0 Å². The van der Waals surface area contributed by atoms with Crippen LogP contribution in [0.2, 0.25) is 5.02 Å². The van der Waals surface area contributed by atoms with E-state index in [9.17, 15) is 25.0 Å². The number of nitro groups is 2. The number of hydrogen-bond acceptors (Lipinski definition) is 8. The van der Waals surface area contributed by atoms with Crippen LogP contribution >= 0.6 is 11.6 Å². The van der Waals surface area contributed by atoms with Crippen LogP contribution in [0.4, 0.5) is 11.4 Å². The van der Waals surface area contributed by atoms with Gasteiger partial charge in [-0.15, -0.1) is 5.10 Å². The van der Waals surface area contributed by atoms with Crippen LogP contribution in [-0.2, 0) is 9.53 Å². The first-order chi connectivity index (χ1) is 14.8. The first-order valence-corrected chi connectivity index (χ1v) is 9.25. The van der Waals surface area contributed by atoms with Gasteiger partial charge in [0.1, 0.15) is 5.69 Å². The molecule has 1 heterocycles. The third-order valence-electron chi connectivity index (χ3n) is 4.06. The van der Waals surface area contributed by atoms with E-state index in [0.717, 1.165) is 12.1 Å². The molecule has 0 unspecified atom stereocenters. The van der Waals surface area contributed by atoms with Gasteiger partial charge in [-0.25, -0.2) is 9.48 Å². The van der Waals surface area contributed by atoms with Crippen LogP contribution in [0.15, 0.2) is 48.5 Å². The minimum Gasteiger partial charge on any atom is -0.465 e. The smallest absolute Gasteiger partial charge is 0.344 e. The highest BCUT2D eigenvalue weighted by atomic mass is 35.5. The molecule has 0 aliphatic heterocycles. The van der Waals surface area contributed by atoms with Gasteiger partial charge in [0.25, 0.3) is 5.69 Å². The molecule has 0 saturated heterocycles. The molecule has 31 heavy (non-hydrogen) atoms. The zero-order valence-electron chi connectivity index (χ0n) is 16.1. The minimum atomic E-state index is -0.741. The average molecular weight is 447 g/mol. The predicted octanol–water partition coefficient (Wildman–Crippen LogP) is 3.95. The molecule has 0 spiro atoms. The first kappa shape index (κ1) is 21.7. The Morgan fingerprint density at radius 3 is 2.42 bits per heavy atom. The number of hydrogen-bond donors (Lipinski definition) is 0. The van der Waals surface area contributed by atoms with E-state index in [-0.39, 0.29) is 18.2 Å². The van der Waals surface area contributed by atoms with E-state index >= 15 is 0 Å². The van der Waals surface area contributed by atoms with Crippen molar-refractivity contribution in [3.8, 4) is 22.8 Å². The van der Waals surface area contributed by atoms with E-state index in [1.807, 2.05) is 0 Å². The normalized spacial score (nSPS) is 10.5. The Labute approximate surface area is 180 Å². The largest absolute Gasteiger partial charge is 0.465 e. The molecule has 3 rings (SSSR count). The second-order valence-electron chi connectivity index (χ2n) is 6.07. The summed E-state index contributed by atoms with van der Waals surface area (Å²) in [4.78, 5) is 32.7. The molecule has 0 saturated carbocycles. The number of non-ortho nitro benzene ring substituents is 1. The van der Waals surface area contributed by atoms with Gasteiger partial charge in [-0.05, 0) is 25.1 Å². The topological polar surface area (TPSA) is 140 Å². The molecule has 0 bridgehead atoms. The third-order valence-corrected chi connectivity index (χ3v) is 4.32. The lowest BCUT2D eigenvalue weighted by atomic mass is 10.1. The molecule has 0 radical (unpaired) electrons. The van der Waals surface area contributed by atoms with Crippen molar-refractivity contribution in [1.29, 1.82) is 0 Å². The summed E-state index contributed by atoms with van der Waals surface area (Å²) in [6.45, 7) is 1.42. The van der Waals surface area contributed by atoms with Gasteiger partial charge in [-0.2, -0.15) is 0 Å². The Bertz CT molecular complexity index is 1140. The number of ether oxygens (including phenoxy) is 2. The second kappa shape index (κ2) is 9.22. The number of aromatic nitrogens is 2. The average Bonchev–Trinajstić information content (AvgIpc) is 3.16. The highest BCUT2D eigenvalue weighted by molar-refractivity contribution is 6.30. The SMILES string of the molecule is CCOC(=O)COc1cc(-c2ccc(Cl)cc2)n(-c2ccc([N+](=O)[O-])cc2[N+](=O)[O-])n1. The summed E-state index contributed by atoms with van der Waals surface area (Å²) in [7, 11) is 0. The van der Waals surface area contributed by atoms with Crippen molar-refractivity contribution in [3.63, 3.8) is 0 Å². The van der Waals surface area contributed by atoms with Gasteiger partial charge in [0.2, 0.25) is 5.88 Å². The zero-order chi connectivity index (χ0) is 22.5. The molecular weight excluding hydrogens is 432 g/mol. The van der Waals surface area contributed by atoms with Gasteiger partial charge < -0.3 is 9.47 Å². The van der Waals surface area contributed by atoms with Gasteiger partial charge in [-0.3, -0.25) is 20.2 Å². The molecule has 0 amide bonds. The van der Waals surface area contributed by atoms with Gasteiger partial charge in [-0.1, -0.05) is 23.7 Å². The fourth-order valence-corrected chi connectivity index (χ4v) is 2.85. The summed E-state index contributed by atoms with van der Waals surface area (Å²) >= 11 is 5.94. The number of carbonyl (C=O) groups excluding carboxylic acids is 1. The van der Waals surface area contributed by atoms with E-state index < -0.39 is 33.8 Å². The quantitative estimate of drug-likeness (QED) is 0.288. The molecule has 0 aliphatic carbocycles. The first-order valence-electron chi connectivity index (χ1n) is 8.87. The van der Waals surface area contributed by atoms with Crippen LogP contribution < -0.4 is 4.74 Å². The fraction of sp³-hybridized carbons (Fsp3) is 0.158. The number of nitro benzene ring substituents is 2. The van der Waals surface area contributed by atoms with E-state index in [4.69, 9.17) is 21.1 Å². The summed E-state index contributed by atoms with van der Waals surface area (Å²) in [5.41, 5.74) is -0.00608. The lowest BCUT2D eigenvalue weighted by Crippen LogP contribution is -2.14. The minimum absolute atomic E-state index is 0.00523. The maximum Gasteiger partial charge on any atom is 0.344 e. The van der Waals surface area contributed by atoms with Gasteiger partial charge in [0, 0.05) is 22.7 Å². The summed E-state index contributed by atoms with van der Waals surface area (Å²) < 4.78 is 11.4. The van der Waals surface area contributed by atoms with Gasteiger partial charge in [0.05, 0.1) is 28.2 Å². The Morgan fingerprint density at radius 1 is 1.10 bits per heavy atom. The van der Waals surface area contributed by atoms with E-state index in [1.54, 1.807) is 31.2 Å². The lowest BCUT2D eigenvalue weighted by Gasteiger charge is -2.08. The monoisotopic (exact) mass is 446 g/mol. The van der Waals surface area contributed by atoms with Crippen molar-refractivity contribution in [2.75, 3.05) is 13.2 Å². The standard InChI is InChI=1S/C19H15ClN4O7/c1-2-30-19(25)11-31-18-10-16(12-3-5-13(20)6-4-12)22(21-18)15-8-7-14(23(26)27)9-17(15)24(28)29/h3-10H,2,11H2,1H3. The Balaban J connectivity index is 2.11. The zero-order valence-corrected chi connectivity index (χ0v) is 16.8.